The fourth-order valence-corrected chi connectivity index (χ4v) is 4.93. The third-order valence-electron chi connectivity index (χ3n) is 6.11. The van der Waals surface area contributed by atoms with E-state index in [1.807, 2.05) is 36.1 Å². The van der Waals surface area contributed by atoms with E-state index < -0.39 is 0 Å². The zero-order valence-corrected chi connectivity index (χ0v) is 18.0. The van der Waals surface area contributed by atoms with Gasteiger partial charge in [-0.05, 0) is 48.1 Å². The third kappa shape index (κ3) is 2.78. The van der Waals surface area contributed by atoms with Crippen LogP contribution in [0, 0.1) is 13.8 Å². The fourth-order valence-electron chi connectivity index (χ4n) is 4.67. The lowest BCUT2D eigenvalue weighted by molar-refractivity contribution is 0.0984. The van der Waals surface area contributed by atoms with E-state index in [9.17, 15) is 4.79 Å². The molecule has 4 aromatic rings. The molecule has 3 aromatic carbocycles. The smallest absolute Gasteiger partial charge is 0.274 e. The molecule has 30 heavy (non-hydrogen) atoms. The number of aromatic nitrogens is 1. The molecule has 0 saturated heterocycles. The van der Waals surface area contributed by atoms with Crippen molar-refractivity contribution < 1.29 is 9.53 Å². The molecule has 1 aliphatic rings. The second kappa shape index (κ2) is 7.06. The van der Waals surface area contributed by atoms with Crippen LogP contribution in [0.5, 0.6) is 5.75 Å². The van der Waals surface area contributed by atoms with Crippen molar-refractivity contribution in [2.24, 2.45) is 0 Å². The van der Waals surface area contributed by atoms with E-state index >= 15 is 0 Å². The van der Waals surface area contributed by atoms with E-state index in [0.29, 0.717) is 18.1 Å². The maximum Gasteiger partial charge on any atom is 0.274 e. The normalized spacial score (nSPS) is 15.7. The number of H-pyrrole nitrogens is 1. The minimum absolute atomic E-state index is 0.0484. The first kappa shape index (κ1) is 19.0. The number of nitrogens with zero attached hydrogens (tertiary/aromatic N) is 1. The van der Waals surface area contributed by atoms with Gasteiger partial charge in [0.05, 0.1) is 12.8 Å². The van der Waals surface area contributed by atoms with Crippen LogP contribution < -0.4 is 9.64 Å². The maximum absolute atomic E-state index is 13.6. The summed E-state index contributed by atoms with van der Waals surface area (Å²) in [6.07, 6.45) is 0. The topological polar surface area (TPSA) is 45.3 Å². The van der Waals surface area contributed by atoms with Gasteiger partial charge < -0.3 is 14.6 Å². The van der Waals surface area contributed by atoms with Crippen LogP contribution in [0.25, 0.3) is 21.7 Å². The van der Waals surface area contributed by atoms with Crippen molar-refractivity contribution in [3.63, 3.8) is 0 Å². The number of rotatable bonds is 3. The summed E-state index contributed by atoms with van der Waals surface area (Å²) in [6.45, 7) is 4.70. The predicted molar refractivity (Wildman–Crippen MR) is 123 cm³/mol. The number of alkyl halides is 1. The number of nitrogens with one attached hydrogen (secondary N) is 1. The van der Waals surface area contributed by atoms with Crippen LogP contribution >= 0.6 is 11.6 Å². The summed E-state index contributed by atoms with van der Waals surface area (Å²) in [7, 11) is 1.67. The van der Waals surface area contributed by atoms with Crippen molar-refractivity contribution in [3.05, 3.63) is 70.9 Å². The number of halogens is 1. The van der Waals surface area contributed by atoms with Gasteiger partial charge in [-0.2, -0.15) is 0 Å². The number of hydrogen-bond donors (Lipinski definition) is 1. The number of anilines is 1. The molecule has 1 aromatic heterocycles. The van der Waals surface area contributed by atoms with Crippen molar-refractivity contribution in [2.75, 3.05) is 24.4 Å². The second-order valence-electron chi connectivity index (χ2n) is 8.05. The highest BCUT2D eigenvalue weighted by atomic mass is 35.5. The van der Waals surface area contributed by atoms with Crippen LogP contribution in [-0.4, -0.2) is 30.4 Å². The van der Waals surface area contributed by atoms with E-state index in [-0.39, 0.29) is 11.8 Å². The molecule has 0 spiro atoms. The zero-order valence-electron chi connectivity index (χ0n) is 17.3. The molecule has 0 saturated carbocycles. The number of hydrogen-bond acceptors (Lipinski definition) is 2. The minimum Gasteiger partial charge on any atom is -0.496 e. The number of ether oxygens (including phenoxy) is 1. The van der Waals surface area contributed by atoms with E-state index in [2.05, 4.69) is 36.2 Å². The van der Waals surface area contributed by atoms with Gasteiger partial charge in [0.15, 0.2) is 0 Å². The van der Waals surface area contributed by atoms with Gasteiger partial charge >= 0.3 is 0 Å². The summed E-state index contributed by atoms with van der Waals surface area (Å²) in [5.41, 5.74) is 5.90. The third-order valence-corrected chi connectivity index (χ3v) is 6.49. The van der Waals surface area contributed by atoms with Gasteiger partial charge in [0.1, 0.15) is 11.4 Å². The fraction of sp³-hybridized carbons (Fsp3) is 0.240. The molecule has 0 fully saturated rings. The number of benzene rings is 3. The Balaban J connectivity index is 1.68. The van der Waals surface area contributed by atoms with Crippen LogP contribution in [0.2, 0.25) is 0 Å². The predicted octanol–water partition coefficient (Wildman–Crippen LogP) is 5.93. The lowest BCUT2D eigenvalue weighted by atomic mass is 9.92. The molecule has 4 nitrogen and oxygen atoms in total. The summed E-state index contributed by atoms with van der Waals surface area (Å²) in [4.78, 5) is 18.7. The van der Waals surface area contributed by atoms with Gasteiger partial charge in [0, 0.05) is 40.7 Å². The largest absolute Gasteiger partial charge is 0.496 e. The number of amides is 1. The minimum atomic E-state index is -0.0484. The first-order chi connectivity index (χ1) is 14.5. The summed E-state index contributed by atoms with van der Waals surface area (Å²) in [5, 5.41) is 3.23. The van der Waals surface area contributed by atoms with Crippen LogP contribution in [0.4, 0.5) is 5.69 Å². The number of carbonyl (C=O) groups excluding carboxylic acids is 1. The molecule has 1 unspecified atom stereocenters. The Morgan fingerprint density at radius 2 is 2.03 bits per heavy atom. The first-order valence-electron chi connectivity index (χ1n) is 10.1. The van der Waals surface area contributed by atoms with Gasteiger partial charge in [0.25, 0.3) is 5.91 Å². The molecule has 1 amide bonds. The lowest BCUT2D eigenvalue weighted by Gasteiger charge is -2.19. The molecule has 1 N–H and O–H groups in total. The molecule has 2 heterocycles. The van der Waals surface area contributed by atoms with Crippen molar-refractivity contribution in [2.45, 2.75) is 19.8 Å². The SMILES string of the molecule is COc1cc2c(c3c(C)cccc13)C(CCl)CN2C(=O)c1cc2ccc(C)cc2[nH]1. The van der Waals surface area contributed by atoms with Crippen molar-refractivity contribution in [1.29, 1.82) is 0 Å². The highest BCUT2D eigenvalue weighted by Gasteiger charge is 2.35. The van der Waals surface area contributed by atoms with Crippen molar-refractivity contribution in [1.82, 2.24) is 4.98 Å². The first-order valence-corrected chi connectivity index (χ1v) is 10.6. The zero-order chi connectivity index (χ0) is 21.0. The Labute approximate surface area is 180 Å². The number of methoxy groups -OCH3 is 1. The Morgan fingerprint density at radius 1 is 1.20 bits per heavy atom. The van der Waals surface area contributed by atoms with Crippen LogP contribution in [0.15, 0.2) is 48.5 Å². The van der Waals surface area contributed by atoms with Crippen molar-refractivity contribution in [3.8, 4) is 5.75 Å². The second-order valence-corrected chi connectivity index (χ2v) is 8.36. The average molecular weight is 419 g/mol. The van der Waals surface area contributed by atoms with Crippen LogP contribution in [0.3, 0.4) is 0 Å². The molecule has 152 valence electrons. The number of carbonyl (C=O) groups is 1. The van der Waals surface area contributed by atoms with E-state index in [4.69, 9.17) is 16.3 Å². The summed E-state index contributed by atoms with van der Waals surface area (Å²) >= 11 is 6.38. The molecule has 1 aliphatic heterocycles. The van der Waals surface area contributed by atoms with Gasteiger partial charge in [-0.3, -0.25) is 4.79 Å². The molecule has 0 bridgehead atoms. The molecule has 5 heteroatoms. The summed E-state index contributed by atoms with van der Waals surface area (Å²) < 4.78 is 5.69. The molecule has 1 atom stereocenters. The van der Waals surface area contributed by atoms with E-state index in [0.717, 1.165) is 49.8 Å². The summed E-state index contributed by atoms with van der Waals surface area (Å²) in [6, 6.07) is 16.3. The van der Waals surface area contributed by atoms with E-state index in [1.165, 1.54) is 0 Å². The molecule has 5 rings (SSSR count). The van der Waals surface area contributed by atoms with Crippen molar-refractivity contribution >= 4 is 44.9 Å². The molecular formula is C25H23ClN2O2. The van der Waals surface area contributed by atoms with Gasteiger partial charge in [0.2, 0.25) is 0 Å². The summed E-state index contributed by atoms with van der Waals surface area (Å²) in [5.74, 6) is 1.26. The maximum atomic E-state index is 13.6. The monoisotopic (exact) mass is 418 g/mol. The standard InChI is InChI=1S/C25H23ClN2O2/c1-14-7-8-16-10-20(27-19(16)9-14)25(29)28-13-17(12-26)24-21(28)11-22(30-3)18-6-4-5-15(2)23(18)24/h4-11,17,27H,12-13H2,1-3H3. The highest BCUT2D eigenvalue weighted by Crippen LogP contribution is 2.46. The number of aromatic amines is 1. The average Bonchev–Trinajstić information content (AvgIpc) is 3.33. The van der Waals surface area contributed by atoms with Gasteiger partial charge in [-0.1, -0.05) is 30.3 Å². The lowest BCUT2D eigenvalue weighted by Crippen LogP contribution is -2.30. The Bertz CT molecular complexity index is 1310. The Hall–Kier alpha value is -2.98. The molecule has 0 aliphatic carbocycles. The number of fused-ring (bicyclic) bond motifs is 4. The van der Waals surface area contributed by atoms with Crippen LogP contribution in [-0.2, 0) is 0 Å². The van der Waals surface area contributed by atoms with E-state index in [1.54, 1.807) is 7.11 Å². The molecule has 0 radical (unpaired) electrons. The quantitative estimate of drug-likeness (QED) is 0.419. The Morgan fingerprint density at radius 3 is 2.80 bits per heavy atom. The molecular weight excluding hydrogens is 396 g/mol. The number of aryl methyl sites for hydroxylation is 2. The van der Waals surface area contributed by atoms with Crippen LogP contribution in [0.1, 0.15) is 33.1 Å². The Kier molecular flexibility index (Phi) is 4.48. The van der Waals surface area contributed by atoms with Gasteiger partial charge in [-0.15, -0.1) is 11.6 Å². The highest BCUT2D eigenvalue weighted by molar-refractivity contribution is 6.19. The van der Waals surface area contributed by atoms with Gasteiger partial charge in [-0.25, -0.2) is 0 Å².